The fourth-order valence-electron chi connectivity index (χ4n) is 1.40. The Bertz CT molecular complexity index is 447. The molecule has 0 aliphatic carbocycles. The van der Waals surface area contributed by atoms with Crippen LogP contribution in [-0.4, -0.2) is 14.5 Å². The molecule has 15 heavy (non-hydrogen) atoms. The zero-order chi connectivity index (χ0) is 10.7. The van der Waals surface area contributed by atoms with Crippen LogP contribution in [0.2, 0.25) is 0 Å². The van der Waals surface area contributed by atoms with Crippen LogP contribution >= 0.6 is 0 Å². The summed E-state index contributed by atoms with van der Waals surface area (Å²) in [6.07, 6.45) is 7.34. The summed E-state index contributed by atoms with van der Waals surface area (Å²) in [5.41, 5.74) is 2.16. The van der Waals surface area contributed by atoms with Gasteiger partial charge in [-0.05, 0) is 25.5 Å². The number of nitrogens with zero attached hydrogens (tertiary/aromatic N) is 3. The van der Waals surface area contributed by atoms with Crippen LogP contribution in [-0.2, 0) is 6.54 Å². The van der Waals surface area contributed by atoms with Crippen molar-refractivity contribution in [1.29, 1.82) is 0 Å². The first-order chi connectivity index (χ1) is 7.31. The van der Waals surface area contributed by atoms with Crippen LogP contribution in [0.3, 0.4) is 0 Å². The lowest BCUT2D eigenvalue weighted by Gasteiger charge is -2.09. The van der Waals surface area contributed by atoms with E-state index in [0.717, 1.165) is 23.7 Å². The van der Waals surface area contributed by atoms with Gasteiger partial charge < -0.3 is 9.88 Å². The van der Waals surface area contributed by atoms with Gasteiger partial charge in [0.05, 0.1) is 11.9 Å². The Kier molecular flexibility index (Phi) is 2.67. The number of anilines is 2. The predicted octanol–water partition coefficient (Wildman–Crippen LogP) is 2.35. The van der Waals surface area contributed by atoms with Crippen LogP contribution < -0.4 is 5.32 Å². The van der Waals surface area contributed by atoms with E-state index < -0.39 is 0 Å². The summed E-state index contributed by atoms with van der Waals surface area (Å²) in [5.74, 6) is 0.855. The van der Waals surface area contributed by atoms with E-state index in [-0.39, 0.29) is 0 Å². The van der Waals surface area contributed by atoms with Gasteiger partial charge in [0.1, 0.15) is 0 Å². The molecule has 0 aliphatic heterocycles. The van der Waals surface area contributed by atoms with Gasteiger partial charge in [-0.15, -0.1) is 0 Å². The first kappa shape index (κ1) is 9.71. The number of aryl methyl sites for hydroxylation is 2. The molecule has 0 atom stereocenters. The van der Waals surface area contributed by atoms with E-state index >= 15 is 0 Å². The molecule has 0 spiro atoms. The smallest absolute Gasteiger partial charge is 0.207 e. The van der Waals surface area contributed by atoms with Crippen LogP contribution in [0.15, 0.2) is 30.9 Å². The Balaban J connectivity index is 2.26. The van der Waals surface area contributed by atoms with Gasteiger partial charge in [-0.25, -0.2) is 4.98 Å². The number of imidazole rings is 1. The highest BCUT2D eigenvalue weighted by molar-refractivity contribution is 5.56. The lowest BCUT2D eigenvalue weighted by molar-refractivity contribution is 0.771. The van der Waals surface area contributed by atoms with Crippen molar-refractivity contribution >= 4 is 11.6 Å². The lowest BCUT2D eigenvalue weighted by Crippen LogP contribution is -2.02. The third-order valence-electron chi connectivity index (χ3n) is 2.34. The van der Waals surface area contributed by atoms with E-state index in [1.54, 1.807) is 12.4 Å². The molecular weight excluding hydrogens is 188 g/mol. The molecule has 4 heteroatoms. The van der Waals surface area contributed by atoms with E-state index in [4.69, 9.17) is 0 Å². The molecule has 2 aromatic heterocycles. The van der Waals surface area contributed by atoms with E-state index in [1.807, 2.05) is 30.0 Å². The second kappa shape index (κ2) is 4.13. The van der Waals surface area contributed by atoms with Crippen LogP contribution in [0.4, 0.5) is 11.6 Å². The highest BCUT2D eigenvalue weighted by Crippen LogP contribution is 2.17. The third-order valence-corrected chi connectivity index (χ3v) is 2.34. The fourth-order valence-corrected chi connectivity index (χ4v) is 1.40. The van der Waals surface area contributed by atoms with Gasteiger partial charge in [-0.1, -0.05) is 0 Å². The monoisotopic (exact) mass is 202 g/mol. The molecule has 2 aromatic rings. The third kappa shape index (κ3) is 1.98. The summed E-state index contributed by atoms with van der Waals surface area (Å²) >= 11 is 0. The molecule has 4 nitrogen and oxygen atoms in total. The molecule has 2 heterocycles. The van der Waals surface area contributed by atoms with Crippen LogP contribution in [0.25, 0.3) is 0 Å². The lowest BCUT2D eigenvalue weighted by atomic mass is 10.2. The molecule has 0 aliphatic rings. The summed E-state index contributed by atoms with van der Waals surface area (Å²) in [6.45, 7) is 5.04. The summed E-state index contributed by atoms with van der Waals surface area (Å²) in [7, 11) is 0. The Hall–Kier alpha value is -1.84. The maximum absolute atomic E-state index is 4.25. The quantitative estimate of drug-likeness (QED) is 0.830. The molecule has 1 N–H and O–H groups in total. The highest BCUT2D eigenvalue weighted by atomic mass is 15.2. The van der Waals surface area contributed by atoms with Gasteiger partial charge in [0.25, 0.3) is 0 Å². The molecule has 0 saturated heterocycles. The van der Waals surface area contributed by atoms with Gasteiger partial charge in [-0.3, -0.25) is 4.98 Å². The Labute approximate surface area is 89.0 Å². The Morgan fingerprint density at radius 3 is 3.00 bits per heavy atom. The standard InChI is InChI=1S/C11H14N4/c1-3-15-7-6-13-11(15)14-10-8-12-5-4-9(10)2/h4-8H,3H2,1-2H3,(H,13,14). The summed E-state index contributed by atoms with van der Waals surface area (Å²) in [6, 6.07) is 1.97. The van der Waals surface area contributed by atoms with Gasteiger partial charge in [0.2, 0.25) is 5.95 Å². The van der Waals surface area contributed by atoms with Crippen molar-refractivity contribution in [3.8, 4) is 0 Å². The van der Waals surface area contributed by atoms with Crippen LogP contribution in [0.1, 0.15) is 12.5 Å². The van der Waals surface area contributed by atoms with E-state index in [2.05, 4.69) is 22.2 Å². The van der Waals surface area contributed by atoms with E-state index in [9.17, 15) is 0 Å². The molecule has 0 saturated carbocycles. The first-order valence-corrected chi connectivity index (χ1v) is 5.00. The highest BCUT2D eigenvalue weighted by Gasteiger charge is 2.02. The summed E-state index contributed by atoms with van der Waals surface area (Å²) < 4.78 is 2.05. The van der Waals surface area contributed by atoms with E-state index in [0.29, 0.717) is 0 Å². The van der Waals surface area contributed by atoms with Crippen LogP contribution in [0, 0.1) is 6.92 Å². The topological polar surface area (TPSA) is 42.7 Å². The number of nitrogens with one attached hydrogen (secondary N) is 1. The fraction of sp³-hybridized carbons (Fsp3) is 0.273. The minimum absolute atomic E-state index is 0.855. The molecule has 0 amide bonds. The van der Waals surface area contributed by atoms with Crippen molar-refractivity contribution in [2.24, 2.45) is 0 Å². The molecule has 0 radical (unpaired) electrons. The molecule has 0 unspecified atom stereocenters. The first-order valence-electron chi connectivity index (χ1n) is 5.00. The second-order valence-electron chi connectivity index (χ2n) is 3.35. The average Bonchev–Trinajstić information content (AvgIpc) is 2.69. The van der Waals surface area contributed by atoms with Gasteiger partial charge in [0, 0.05) is 25.1 Å². The molecule has 0 fully saturated rings. The van der Waals surface area contributed by atoms with Crippen molar-refractivity contribution in [2.75, 3.05) is 5.32 Å². The molecule has 0 bridgehead atoms. The van der Waals surface area contributed by atoms with Gasteiger partial charge >= 0.3 is 0 Å². The summed E-state index contributed by atoms with van der Waals surface area (Å²) in [5, 5.41) is 3.26. The number of pyridine rings is 1. The predicted molar refractivity (Wildman–Crippen MR) is 60.2 cm³/mol. The van der Waals surface area contributed by atoms with Crippen molar-refractivity contribution in [3.63, 3.8) is 0 Å². The molecule has 2 rings (SSSR count). The SMILES string of the molecule is CCn1ccnc1Nc1cnccc1C. The zero-order valence-corrected chi connectivity index (χ0v) is 8.94. The van der Waals surface area contributed by atoms with Crippen molar-refractivity contribution < 1.29 is 0 Å². The minimum Gasteiger partial charge on any atom is -0.324 e. The van der Waals surface area contributed by atoms with Gasteiger partial charge in [-0.2, -0.15) is 0 Å². The normalized spacial score (nSPS) is 10.3. The number of aromatic nitrogens is 3. The van der Waals surface area contributed by atoms with Gasteiger partial charge in [0.15, 0.2) is 0 Å². The summed E-state index contributed by atoms with van der Waals surface area (Å²) in [4.78, 5) is 8.33. The van der Waals surface area contributed by atoms with Crippen molar-refractivity contribution in [2.45, 2.75) is 20.4 Å². The Morgan fingerprint density at radius 1 is 1.40 bits per heavy atom. The maximum Gasteiger partial charge on any atom is 0.207 e. The van der Waals surface area contributed by atoms with E-state index in [1.165, 1.54) is 0 Å². The Morgan fingerprint density at radius 2 is 2.27 bits per heavy atom. The second-order valence-corrected chi connectivity index (χ2v) is 3.35. The number of hydrogen-bond donors (Lipinski definition) is 1. The average molecular weight is 202 g/mol. The van der Waals surface area contributed by atoms with Crippen molar-refractivity contribution in [1.82, 2.24) is 14.5 Å². The maximum atomic E-state index is 4.25. The zero-order valence-electron chi connectivity index (χ0n) is 8.94. The molecule has 0 aromatic carbocycles. The largest absolute Gasteiger partial charge is 0.324 e. The van der Waals surface area contributed by atoms with Crippen molar-refractivity contribution in [3.05, 3.63) is 36.4 Å². The number of hydrogen-bond acceptors (Lipinski definition) is 3. The minimum atomic E-state index is 0.855. The molecule has 78 valence electrons. The molecular formula is C11H14N4. The van der Waals surface area contributed by atoms with Crippen LogP contribution in [0.5, 0.6) is 0 Å². The number of rotatable bonds is 3.